The van der Waals surface area contributed by atoms with E-state index in [1.807, 2.05) is 47.0 Å². The molecule has 162 valence electrons. The van der Waals surface area contributed by atoms with Gasteiger partial charge in [-0.3, -0.25) is 14.3 Å². The van der Waals surface area contributed by atoms with Gasteiger partial charge in [-0.15, -0.1) is 10.2 Å². The maximum absolute atomic E-state index is 12.6. The molecule has 2 aromatic carbocycles. The van der Waals surface area contributed by atoms with Gasteiger partial charge in [0.25, 0.3) is 0 Å². The van der Waals surface area contributed by atoms with Gasteiger partial charge in [-0.1, -0.05) is 36.9 Å². The number of aromatic nitrogens is 4. The first kappa shape index (κ1) is 21.6. The average molecular weight is 446 g/mol. The summed E-state index contributed by atoms with van der Waals surface area (Å²) in [7, 11) is 1.59. The van der Waals surface area contributed by atoms with E-state index in [1.54, 1.807) is 25.6 Å². The highest BCUT2D eigenvalue weighted by Gasteiger charge is 2.17. The number of hydrogen-bond donors (Lipinski definition) is 1. The van der Waals surface area contributed by atoms with Crippen molar-refractivity contribution in [2.75, 3.05) is 18.2 Å². The van der Waals surface area contributed by atoms with E-state index in [0.717, 1.165) is 17.7 Å². The molecule has 4 rings (SSSR count). The van der Waals surface area contributed by atoms with Crippen molar-refractivity contribution >= 4 is 23.4 Å². The van der Waals surface area contributed by atoms with Crippen molar-refractivity contribution in [2.24, 2.45) is 0 Å². The fraction of sp³-hybridized carbons (Fsp3) is 0.167. The van der Waals surface area contributed by atoms with Crippen LogP contribution in [0.2, 0.25) is 0 Å². The van der Waals surface area contributed by atoms with E-state index < -0.39 is 0 Å². The summed E-state index contributed by atoms with van der Waals surface area (Å²) < 4.78 is 7.18. The topological polar surface area (TPSA) is 81.9 Å². The van der Waals surface area contributed by atoms with Gasteiger partial charge in [-0.05, 0) is 48.4 Å². The van der Waals surface area contributed by atoms with Crippen LogP contribution in [0, 0.1) is 0 Å². The molecule has 0 unspecified atom stereocenters. The molecule has 7 nitrogen and oxygen atoms in total. The minimum atomic E-state index is -0.135. The van der Waals surface area contributed by atoms with Crippen molar-refractivity contribution < 1.29 is 9.53 Å². The Labute approximate surface area is 190 Å². The summed E-state index contributed by atoms with van der Waals surface area (Å²) in [6.45, 7) is 2.12. The number of amides is 1. The second-order valence-corrected chi connectivity index (χ2v) is 7.91. The van der Waals surface area contributed by atoms with Crippen LogP contribution in [0.5, 0.6) is 5.75 Å². The zero-order chi connectivity index (χ0) is 22.3. The molecule has 2 heterocycles. The highest BCUT2D eigenvalue weighted by atomic mass is 32.2. The molecule has 32 heavy (non-hydrogen) atoms. The highest BCUT2D eigenvalue weighted by molar-refractivity contribution is 7.99. The predicted molar refractivity (Wildman–Crippen MR) is 126 cm³/mol. The number of nitrogens with zero attached hydrogens (tertiary/aromatic N) is 4. The van der Waals surface area contributed by atoms with E-state index in [0.29, 0.717) is 22.4 Å². The van der Waals surface area contributed by atoms with E-state index in [9.17, 15) is 4.79 Å². The number of hydrogen-bond acceptors (Lipinski definition) is 6. The lowest BCUT2D eigenvalue weighted by molar-refractivity contribution is -0.113. The summed E-state index contributed by atoms with van der Waals surface area (Å²) in [4.78, 5) is 16.6. The van der Waals surface area contributed by atoms with Gasteiger partial charge in [-0.25, -0.2) is 0 Å². The Hall–Kier alpha value is -3.65. The van der Waals surface area contributed by atoms with Gasteiger partial charge >= 0.3 is 0 Å². The molecule has 1 N–H and O–H groups in total. The lowest BCUT2D eigenvalue weighted by atomic mass is 10.1. The van der Waals surface area contributed by atoms with Gasteiger partial charge in [0, 0.05) is 35.4 Å². The highest BCUT2D eigenvalue weighted by Crippen LogP contribution is 2.28. The van der Waals surface area contributed by atoms with Crippen LogP contribution in [0.3, 0.4) is 0 Å². The van der Waals surface area contributed by atoms with Crippen molar-refractivity contribution in [3.63, 3.8) is 0 Å². The first-order valence-electron chi connectivity index (χ1n) is 10.2. The fourth-order valence-corrected chi connectivity index (χ4v) is 3.94. The van der Waals surface area contributed by atoms with Gasteiger partial charge in [-0.2, -0.15) is 0 Å². The summed E-state index contributed by atoms with van der Waals surface area (Å²) in [6, 6.07) is 19.3. The van der Waals surface area contributed by atoms with Crippen molar-refractivity contribution in [2.45, 2.75) is 18.5 Å². The number of aryl methyl sites for hydroxylation is 1. The molecule has 0 atom stereocenters. The van der Waals surface area contributed by atoms with Crippen LogP contribution >= 0.6 is 11.8 Å². The Balaban J connectivity index is 1.57. The van der Waals surface area contributed by atoms with Crippen LogP contribution in [0.1, 0.15) is 12.5 Å². The number of anilines is 1. The van der Waals surface area contributed by atoms with Crippen LogP contribution in [-0.4, -0.2) is 38.5 Å². The Morgan fingerprint density at radius 2 is 1.84 bits per heavy atom. The summed E-state index contributed by atoms with van der Waals surface area (Å²) in [5, 5.41) is 12.3. The number of ether oxygens (including phenoxy) is 1. The summed E-state index contributed by atoms with van der Waals surface area (Å²) >= 11 is 1.34. The van der Waals surface area contributed by atoms with Gasteiger partial charge in [0.15, 0.2) is 11.0 Å². The van der Waals surface area contributed by atoms with Gasteiger partial charge in [0.1, 0.15) is 5.75 Å². The third-order valence-corrected chi connectivity index (χ3v) is 5.79. The number of rotatable bonds is 8. The minimum Gasteiger partial charge on any atom is -0.497 e. The molecule has 0 saturated heterocycles. The van der Waals surface area contributed by atoms with E-state index in [2.05, 4.69) is 39.6 Å². The Kier molecular flexibility index (Phi) is 6.81. The quantitative estimate of drug-likeness (QED) is 0.398. The second-order valence-electron chi connectivity index (χ2n) is 6.97. The predicted octanol–water partition coefficient (Wildman–Crippen LogP) is 4.63. The smallest absolute Gasteiger partial charge is 0.234 e. The van der Waals surface area contributed by atoms with Gasteiger partial charge in [0.05, 0.1) is 12.9 Å². The molecule has 0 aliphatic heterocycles. The molecule has 8 heteroatoms. The second kappa shape index (κ2) is 10.1. The lowest BCUT2D eigenvalue weighted by Gasteiger charge is -2.11. The molecule has 4 aromatic rings. The van der Waals surface area contributed by atoms with Crippen LogP contribution in [0.25, 0.3) is 17.1 Å². The molecule has 0 fully saturated rings. The monoisotopic (exact) mass is 445 g/mol. The number of thioether (sulfide) groups is 1. The van der Waals surface area contributed by atoms with Crippen molar-refractivity contribution in [1.82, 2.24) is 19.7 Å². The largest absolute Gasteiger partial charge is 0.497 e. The number of methoxy groups -OCH3 is 1. The molecule has 0 aliphatic rings. The molecular weight excluding hydrogens is 422 g/mol. The number of pyridine rings is 1. The Bertz CT molecular complexity index is 1190. The molecule has 0 saturated carbocycles. The number of carbonyl (C=O) groups is 1. The summed E-state index contributed by atoms with van der Waals surface area (Å²) in [5.41, 5.74) is 3.78. The van der Waals surface area contributed by atoms with Gasteiger partial charge < -0.3 is 10.1 Å². The maximum Gasteiger partial charge on any atom is 0.234 e. The van der Waals surface area contributed by atoms with Crippen molar-refractivity contribution in [1.29, 1.82) is 0 Å². The first-order chi connectivity index (χ1) is 15.7. The maximum atomic E-state index is 12.6. The standard InChI is InChI=1S/C24H23N5O2S/c1-3-17-7-9-20(10-8-17)29-23(18-11-13-25-14-12-18)27-28-24(29)32-16-22(30)26-19-5-4-6-21(15-19)31-2/h4-15H,3,16H2,1-2H3,(H,26,30). The Morgan fingerprint density at radius 3 is 2.56 bits per heavy atom. The molecular formula is C24H23N5O2S. The molecule has 1 amide bonds. The summed E-state index contributed by atoms with van der Waals surface area (Å²) in [6.07, 6.45) is 4.41. The average Bonchev–Trinajstić information content (AvgIpc) is 3.27. The minimum absolute atomic E-state index is 0.135. The van der Waals surface area contributed by atoms with E-state index in [4.69, 9.17) is 4.74 Å². The lowest BCUT2D eigenvalue weighted by Crippen LogP contribution is -2.14. The van der Waals surface area contributed by atoms with Crippen LogP contribution in [0.4, 0.5) is 5.69 Å². The summed E-state index contributed by atoms with van der Waals surface area (Å²) in [5.74, 6) is 1.45. The van der Waals surface area contributed by atoms with Crippen LogP contribution in [-0.2, 0) is 11.2 Å². The third-order valence-electron chi connectivity index (χ3n) is 4.86. The molecule has 0 spiro atoms. The van der Waals surface area contributed by atoms with E-state index in [-0.39, 0.29) is 11.7 Å². The molecule has 0 aliphatic carbocycles. The fourth-order valence-electron chi connectivity index (χ4n) is 3.19. The zero-order valence-corrected chi connectivity index (χ0v) is 18.7. The zero-order valence-electron chi connectivity index (χ0n) is 17.9. The van der Waals surface area contributed by atoms with Gasteiger partial charge in [0.2, 0.25) is 5.91 Å². The normalized spacial score (nSPS) is 10.7. The molecule has 0 radical (unpaired) electrons. The SMILES string of the molecule is CCc1ccc(-n2c(SCC(=O)Nc3cccc(OC)c3)nnc2-c2ccncc2)cc1. The molecule has 2 aromatic heterocycles. The first-order valence-corrected chi connectivity index (χ1v) is 11.2. The molecule has 0 bridgehead atoms. The third kappa shape index (κ3) is 4.97. The van der Waals surface area contributed by atoms with Crippen molar-refractivity contribution in [3.05, 3.63) is 78.6 Å². The Morgan fingerprint density at radius 1 is 1.06 bits per heavy atom. The van der Waals surface area contributed by atoms with Crippen molar-refractivity contribution in [3.8, 4) is 22.8 Å². The number of carbonyl (C=O) groups excluding carboxylic acids is 1. The van der Waals surface area contributed by atoms with E-state index in [1.165, 1.54) is 17.3 Å². The van der Waals surface area contributed by atoms with Crippen LogP contribution in [0.15, 0.2) is 78.2 Å². The van der Waals surface area contributed by atoms with Crippen LogP contribution < -0.4 is 10.1 Å². The van der Waals surface area contributed by atoms with E-state index >= 15 is 0 Å². The number of nitrogens with one attached hydrogen (secondary N) is 1. The number of benzene rings is 2.